The van der Waals surface area contributed by atoms with Crippen molar-refractivity contribution in [3.05, 3.63) is 0 Å². The van der Waals surface area contributed by atoms with Crippen molar-refractivity contribution in [2.24, 2.45) is 0 Å². The van der Waals surface area contributed by atoms with Gasteiger partial charge in [-0.25, -0.2) is 0 Å². The first-order valence-corrected chi connectivity index (χ1v) is 8.90. The van der Waals surface area contributed by atoms with Crippen molar-refractivity contribution in [1.29, 1.82) is 0 Å². The first-order valence-electron chi connectivity index (χ1n) is 8.90. The molecule has 0 spiro atoms. The number of carbonyl (C=O) groups excluding carboxylic acids is 1. The standard InChI is InChI=1S/C18H36O2.Na.H/c1-3-4-5-6-7-8-9-10-11-12-13-14-15-16-17-20-18(2)19;;/h3-17H2,1-2H3;;. The minimum absolute atomic E-state index is 0. The molecule has 0 unspecified atom stereocenters. The average Bonchev–Trinajstić information content (AvgIpc) is 2.43. The van der Waals surface area contributed by atoms with Crippen LogP contribution < -0.4 is 0 Å². The van der Waals surface area contributed by atoms with Crippen LogP contribution in [-0.4, -0.2) is 42.1 Å². The maximum absolute atomic E-state index is 10.6. The number of ether oxygens (including phenoxy) is 1. The fraction of sp³-hybridized carbons (Fsp3) is 0.944. The zero-order valence-corrected chi connectivity index (χ0v) is 13.9. The fourth-order valence-electron chi connectivity index (χ4n) is 2.51. The number of esters is 1. The van der Waals surface area contributed by atoms with Crippen LogP contribution >= 0.6 is 0 Å². The zero-order chi connectivity index (χ0) is 14.9. The topological polar surface area (TPSA) is 26.3 Å². The molecule has 0 N–H and O–H groups in total. The minimum atomic E-state index is -0.153. The van der Waals surface area contributed by atoms with Crippen LogP contribution in [0.15, 0.2) is 0 Å². The van der Waals surface area contributed by atoms with E-state index >= 15 is 0 Å². The van der Waals surface area contributed by atoms with Gasteiger partial charge in [0, 0.05) is 6.92 Å². The third-order valence-corrected chi connectivity index (χ3v) is 3.80. The molecule has 0 saturated heterocycles. The van der Waals surface area contributed by atoms with Crippen molar-refractivity contribution in [1.82, 2.24) is 0 Å². The molecule has 0 saturated carbocycles. The molecule has 21 heavy (non-hydrogen) atoms. The van der Waals surface area contributed by atoms with Crippen molar-refractivity contribution in [2.45, 2.75) is 104 Å². The van der Waals surface area contributed by atoms with Crippen molar-refractivity contribution in [2.75, 3.05) is 6.61 Å². The predicted octanol–water partition coefficient (Wildman–Crippen LogP) is 5.38. The van der Waals surface area contributed by atoms with E-state index in [1.807, 2.05) is 0 Å². The number of carbonyl (C=O) groups is 1. The van der Waals surface area contributed by atoms with E-state index < -0.39 is 0 Å². The van der Waals surface area contributed by atoms with Crippen molar-refractivity contribution in [3.63, 3.8) is 0 Å². The van der Waals surface area contributed by atoms with Crippen LogP contribution in [-0.2, 0) is 9.53 Å². The van der Waals surface area contributed by atoms with Crippen molar-refractivity contribution in [3.8, 4) is 0 Å². The summed E-state index contributed by atoms with van der Waals surface area (Å²) in [6, 6.07) is 0. The average molecular weight is 308 g/mol. The Labute approximate surface area is 155 Å². The van der Waals surface area contributed by atoms with Gasteiger partial charge in [-0.1, -0.05) is 90.4 Å². The second kappa shape index (κ2) is 20.5. The molecule has 0 rings (SSSR count). The summed E-state index contributed by atoms with van der Waals surface area (Å²) in [7, 11) is 0. The van der Waals surface area contributed by atoms with E-state index in [9.17, 15) is 4.79 Å². The molecule has 0 bridgehead atoms. The molecule has 0 fully saturated rings. The van der Waals surface area contributed by atoms with Gasteiger partial charge in [-0.3, -0.25) is 4.79 Å². The molecule has 0 heterocycles. The van der Waals surface area contributed by atoms with Gasteiger partial charge in [-0.15, -0.1) is 0 Å². The molecule has 122 valence electrons. The molecule has 0 aromatic rings. The molecule has 0 radical (unpaired) electrons. The van der Waals surface area contributed by atoms with Crippen molar-refractivity contribution < 1.29 is 9.53 Å². The molecule has 0 aliphatic carbocycles. The van der Waals surface area contributed by atoms with Crippen LogP contribution in [0.3, 0.4) is 0 Å². The fourth-order valence-corrected chi connectivity index (χ4v) is 2.51. The molecule has 0 amide bonds. The summed E-state index contributed by atoms with van der Waals surface area (Å²) in [4.78, 5) is 10.6. The van der Waals surface area contributed by atoms with Crippen LogP contribution in [0.5, 0.6) is 0 Å². The van der Waals surface area contributed by atoms with Gasteiger partial charge in [0.25, 0.3) is 0 Å². The van der Waals surface area contributed by atoms with Crippen molar-refractivity contribution >= 4 is 35.5 Å². The van der Waals surface area contributed by atoms with Crippen LogP contribution in [0, 0.1) is 0 Å². The molecular formula is C18H37NaO2. The molecule has 0 aromatic heterocycles. The number of hydrogen-bond donors (Lipinski definition) is 0. The number of rotatable bonds is 15. The van der Waals surface area contributed by atoms with E-state index in [0.29, 0.717) is 6.61 Å². The third-order valence-electron chi connectivity index (χ3n) is 3.80. The van der Waals surface area contributed by atoms with E-state index in [1.54, 1.807) is 0 Å². The molecule has 2 nitrogen and oxygen atoms in total. The number of hydrogen-bond acceptors (Lipinski definition) is 2. The van der Waals surface area contributed by atoms with Gasteiger partial charge in [0.15, 0.2) is 0 Å². The maximum atomic E-state index is 10.6. The monoisotopic (exact) mass is 308 g/mol. The Balaban J connectivity index is 0. The van der Waals surface area contributed by atoms with E-state index in [4.69, 9.17) is 4.74 Å². The summed E-state index contributed by atoms with van der Waals surface area (Å²) in [5, 5.41) is 0. The summed E-state index contributed by atoms with van der Waals surface area (Å²) in [5.41, 5.74) is 0. The Morgan fingerprint density at radius 2 is 1.00 bits per heavy atom. The summed E-state index contributed by atoms with van der Waals surface area (Å²) in [5.74, 6) is -0.153. The number of unbranched alkanes of at least 4 members (excludes halogenated alkanes) is 13. The van der Waals surface area contributed by atoms with Gasteiger partial charge in [0.1, 0.15) is 0 Å². The Morgan fingerprint density at radius 1 is 0.667 bits per heavy atom. The molecule has 0 aliphatic heterocycles. The Hall–Kier alpha value is 0.470. The normalized spacial score (nSPS) is 10.2. The molecule has 0 aliphatic rings. The Kier molecular flexibility index (Phi) is 23.1. The Bertz CT molecular complexity index is 207. The van der Waals surface area contributed by atoms with Crippen LogP contribution in [0.1, 0.15) is 104 Å². The van der Waals surface area contributed by atoms with Gasteiger partial charge in [-0.05, 0) is 6.42 Å². The first kappa shape index (κ1) is 23.7. The van der Waals surface area contributed by atoms with Gasteiger partial charge in [0.05, 0.1) is 6.61 Å². The van der Waals surface area contributed by atoms with Crippen LogP contribution in [0.4, 0.5) is 0 Å². The molecule has 0 aromatic carbocycles. The summed E-state index contributed by atoms with van der Waals surface area (Å²) in [6.45, 7) is 4.35. The second-order valence-electron chi connectivity index (χ2n) is 5.94. The van der Waals surface area contributed by atoms with Gasteiger partial charge in [0.2, 0.25) is 0 Å². The molecular weight excluding hydrogens is 271 g/mol. The Morgan fingerprint density at radius 3 is 1.33 bits per heavy atom. The van der Waals surface area contributed by atoms with E-state index in [1.165, 1.54) is 90.4 Å². The first-order chi connectivity index (χ1) is 9.77. The zero-order valence-electron chi connectivity index (χ0n) is 13.9. The summed E-state index contributed by atoms with van der Waals surface area (Å²) in [6.07, 6.45) is 19.0. The quantitative estimate of drug-likeness (QED) is 0.230. The molecule has 3 heteroatoms. The second-order valence-corrected chi connectivity index (χ2v) is 5.94. The SMILES string of the molecule is CCCCCCCCCCCCCCCCOC(C)=O.[NaH]. The van der Waals surface area contributed by atoms with Crippen LogP contribution in [0.25, 0.3) is 0 Å². The van der Waals surface area contributed by atoms with Gasteiger partial charge >= 0.3 is 35.5 Å². The van der Waals surface area contributed by atoms with Gasteiger partial charge < -0.3 is 4.74 Å². The van der Waals surface area contributed by atoms with Crippen LogP contribution in [0.2, 0.25) is 0 Å². The van der Waals surface area contributed by atoms with E-state index in [2.05, 4.69) is 6.92 Å². The van der Waals surface area contributed by atoms with E-state index in [-0.39, 0.29) is 35.5 Å². The van der Waals surface area contributed by atoms with Gasteiger partial charge in [-0.2, -0.15) is 0 Å². The molecule has 0 atom stereocenters. The van der Waals surface area contributed by atoms with E-state index in [0.717, 1.165) is 6.42 Å². The predicted molar refractivity (Wildman–Crippen MR) is 94.1 cm³/mol. The summed E-state index contributed by atoms with van der Waals surface area (Å²) < 4.78 is 4.91. The third kappa shape index (κ3) is 22.9. The summed E-state index contributed by atoms with van der Waals surface area (Å²) >= 11 is 0.